The van der Waals surface area contributed by atoms with E-state index >= 15 is 0 Å². The van der Waals surface area contributed by atoms with Gasteiger partial charge in [0.2, 0.25) is 0 Å². The molecule has 0 aromatic heterocycles. The molecule has 0 aliphatic carbocycles. The largest absolute Gasteiger partial charge is 0.450 e. The van der Waals surface area contributed by atoms with Gasteiger partial charge in [0.05, 0.1) is 11.7 Å². The summed E-state index contributed by atoms with van der Waals surface area (Å²) in [5.74, 6) is -0.522. The zero-order valence-corrected chi connectivity index (χ0v) is 14.0. The van der Waals surface area contributed by atoms with E-state index in [1.807, 2.05) is 0 Å². The van der Waals surface area contributed by atoms with Crippen molar-refractivity contribution in [3.05, 3.63) is 11.1 Å². The normalized spacial score (nSPS) is 27.6. The van der Waals surface area contributed by atoms with Gasteiger partial charge in [-0.15, -0.1) is 0 Å². The number of carbonyl (C=O) groups excluding carboxylic acids is 2. The fraction of sp³-hybridized carbons (Fsp3) is 0.765. The zero-order valence-electron chi connectivity index (χ0n) is 14.0. The Labute approximate surface area is 137 Å². The maximum absolute atomic E-state index is 12.7. The van der Waals surface area contributed by atoms with Crippen LogP contribution in [0.1, 0.15) is 39.5 Å². The van der Waals surface area contributed by atoms with Crippen LogP contribution >= 0.6 is 0 Å². The second-order valence-corrected chi connectivity index (χ2v) is 6.66. The summed E-state index contributed by atoms with van der Waals surface area (Å²) in [6, 6.07) is 0. The highest BCUT2D eigenvalue weighted by molar-refractivity contribution is 6.07. The first-order valence-electron chi connectivity index (χ1n) is 8.62. The van der Waals surface area contributed by atoms with Crippen molar-refractivity contribution in [3.63, 3.8) is 0 Å². The maximum atomic E-state index is 12.7. The molecule has 128 valence electrons. The van der Waals surface area contributed by atoms with Crippen LogP contribution in [0.25, 0.3) is 0 Å². The minimum absolute atomic E-state index is 0.0933. The fourth-order valence-electron chi connectivity index (χ4n) is 3.81. The minimum Gasteiger partial charge on any atom is -0.450 e. The molecular formula is C17H26N2O4. The zero-order chi connectivity index (χ0) is 16.4. The Bertz CT molecular complexity index is 515. The summed E-state index contributed by atoms with van der Waals surface area (Å²) >= 11 is 0. The Balaban J connectivity index is 1.71. The molecule has 1 atom stereocenters. The summed E-state index contributed by atoms with van der Waals surface area (Å²) in [6.07, 6.45) is 3.49. The Morgan fingerprint density at radius 1 is 1.39 bits per heavy atom. The van der Waals surface area contributed by atoms with Gasteiger partial charge in [-0.2, -0.15) is 0 Å². The number of ether oxygens (including phenoxy) is 2. The van der Waals surface area contributed by atoms with Crippen LogP contribution in [0.15, 0.2) is 11.1 Å². The third-order valence-corrected chi connectivity index (χ3v) is 5.28. The monoisotopic (exact) mass is 322 g/mol. The average Bonchev–Trinajstić information content (AvgIpc) is 3.14. The number of hydrogen-bond donors (Lipinski definition) is 1. The van der Waals surface area contributed by atoms with E-state index in [2.05, 4.69) is 17.1 Å². The van der Waals surface area contributed by atoms with Crippen LogP contribution in [0.3, 0.4) is 0 Å². The van der Waals surface area contributed by atoms with E-state index < -0.39 is 5.60 Å². The van der Waals surface area contributed by atoms with Crippen molar-refractivity contribution < 1.29 is 19.1 Å². The molecule has 6 nitrogen and oxygen atoms in total. The van der Waals surface area contributed by atoms with E-state index in [-0.39, 0.29) is 18.0 Å². The Morgan fingerprint density at radius 3 is 2.74 bits per heavy atom. The molecule has 6 heteroatoms. The predicted octanol–water partition coefficient (Wildman–Crippen LogP) is 1.01. The van der Waals surface area contributed by atoms with E-state index in [9.17, 15) is 9.59 Å². The molecule has 2 fully saturated rings. The van der Waals surface area contributed by atoms with E-state index in [0.717, 1.165) is 39.1 Å². The molecule has 0 aromatic carbocycles. The van der Waals surface area contributed by atoms with Crippen LogP contribution < -0.4 is 5.32 Å². The smallest absolute Gasteiger partial charge is 0.335 e. The van der Waals surface area contributed by atoms with Crippen LogP contribution in [0, 0.1) is 0 Å². The van der Waals surface area contributed by atoms with Crippen molar-refractivity contribution >= 4 is 11.9 Å². The van der Waals surface area contributed by atoms with Crippen LogP contribution in [-0.2, 0) is 19.1 Å². The molecule has 0 saturated carbocycles. The highest BCUT2D eigenvalue weighted by Gasteiger charge is 2.50. The lowest BCUT2D eigenvalue weighted by molar-refractivity contribution is -0.150. The van der Waals surface area contributed by atoms with Crippen molar-refractivity contribution in [2.75, 3.05) is 32.8 Å². The quantitative estimate of drug-likeness (QED) is 0.783. The molecule has 23 heavy (non-hydrogen) atoms. The van der Waals surface area contributed by atoms with Crippen molar-refractivity contribution in [2.45, 2.75) is 51.2 Å². The standard InChI is InChI=1S/C17H26N2O4/c1-3-19-8-6-17(7-9-19)14(12(2)16(21)23-17)15(20)18-11-13-5-4-10-22-13/h13H,3-11H2,1-2H3,(H,18,20)/t13-/m0/s1. The molecule has 3 heterocycles. The minimum atomic E-state index is -0.729. The Hall–Kier alpha value is -1.40. The third-order valence-electron chi connectivity index (χ3n) is 5.28. The first-order chi connectivity index (χ1) is 11.1. The Kier molecular flexibility index (Phi) is 4.73. The number of carbonyl (C=O) groups is 2. The number of likely N-dealkylation sites (tertiary alicyclic amines) is 1. The molecule has 0 aromatic rings. The van der Waals surface area contributed by atoms with Crippen LogP contribution in [-0.4, -0.2) is 61.3 Å². The predicted molar refractivity (Wildman–Crippen MR) is 84.9 cm³/mol. The second-order valence-electron chi connectivity index (χ2n) is 6.66. The van der Waals surface area contributed by atoms with Crippen molar-refractivity contribution in [3.8, 4) is 0 Å². The van der Waals surface area contributed by atoms with E-state index in [1.54, 1.807) is 6.92 Å². The van der Waals surface area contributed by atoms with E-state index in [0.29, 0.717) is 30.5 Å². The highest BCUT2D eigenvalue weighted by atomic mass is 16.6. The topological polar surface area (TPSA) is 67.9 Å². The lowest BCUT2D eigenvalue weighted by Crippen LogP contribution is -2.49. The first-order valence-corrected chi connectivity index (χ1v) is 8.62. The summed E-state index contributed by atoms with van der Waals surface area (Å²) in [4.78, 5) is 27.1. The van der Waals surface area contributed by atoms with Crippen molar-refractivity contribution in [1.82, 2.24) is 10.2 Å². The van der Waals surface area contributed by atoms with Crippen molar-refractivity contribution in [1.29, 1.82) is 0 Å². The Morgan fingerprint density at radius 2 is 2.13 bits per heavy atom. The number of piperidine rings is 1. The van der Waals surface area contributed by atoms with Gasteiger partial charge < -0.3 is 19.7 Å². The molecule has 1 spiro atoms. The number of rotatable bonds is 4. The van der Waals surface area contributed by atoms with E-state index in [4.69, 9.17) is 9.47 Å². The molecule has 3 rings (SSSR count). The lowest BCUT2D eigenvalue weighted by Gasteiger charge is -2.39. The molecule has 0 unspecified atom stereocenters. The second kappa shape index (κ2) is 6.61. The highest BCUT2D eigenvalue weighted by Crippen LogP contribution is 2.41. The van der Waals surface area contributed by atoms with Crippen LogP contribution in [0.2, 0.25) is 0 Å². The third kappa shape index (κ3) is 3.15. The molecule has 0 radical (unpaired) electrons. The van der Waals surface area contributed by atoms with Crippen LogP contribution in [0.4, 0.5) is 0 Å². The first kappa shape index (κ1) is 16.5. The number of esters is 1. The van der Waals surface area contributed by atoms with Gasteiger partial charge in [-0.3, -0.25) is 4.79 Å². The van der Waals surface area contributed by atoms with Gasteiger partial charge in [0, 0.05) is 44.7 Å². The number of nitrogens with one attached hydrogen (secondary N) is 1. The van der Waals surface area contributed by atoms with Gasteiger partial charge in [-0.1, -0.05) is 6.92 Å². The summed E-state index contributed by atoms with van der Waals surface area (Å²) < 4.78 is 11.2. The number of hydrogen-bond acceptors (Lipinski definition) is 5. The molecule has 1 N–H and O–H groups in total. The van der Waals surface area contributed by atoms with Crippen molar-refractivity contribution in [2.24, 2.45) is 0 Å². The average molecular weight is 322 g/mol. The molecule has 3 aliphatic heterocycles. The molecular weight excluding hydrogens is 296 g/mol. The van der Waals surface area contributed by atoms with Gasteiger partial charge in [-0.05, 0) is 26.3 Å². The number of amides is 1. The van der Waals surface area contributed by atoms with Gasteiger partial charge in [-0.25, -0.2) is 4.79 Å². The van der Waals surface area contributed by atoms with Gasteiger partial charge in [0.25, 0.3) is 5.91 Å². The molecule has 0 bridgehead atoms. The van der Waals surface area contributed by atoms with Crippen LogP contribution in [0.5, 0.6) is 0 Å². The van der Waals surface area contributed by atoms with Gasteiger partial charge in [0.1, 0.15) is 5.60 Å². The summed E-state index contributed by atoms with van der Waals surface area (Å²) in [6.45, 7) is 7.76. The lowest BCUT2D eigenvalue weighted by atomic mass is 9.82. The summed E-state index contributed by atoms with van der Waals surface area (Å²) in [5, 5.41) is 2.95. The number of nitrogens with zero attached hydrogens (tertiary/aromatic N) is 1. The molecule has 3 aliphatic rings. The fourth-order valence-corrected chi connectivity index (χ4v) is 3.81. The SMILES string of the molecule is CCN1CCC2(CC1)OC(=O)C(C)=C2C(=O)NC[C@@H]1CCCO1. The van der Waals surface area contributed by atoms with Gasteiger partial charge in [0.15, 0.2) is 0 Å². The summed E-state index contributed by atoms with van der Waals surface area (Å²) in [7, 11) is 0. The molecule has 2 saturated heterocycles. The molecule has 1 amide bonds. The van der Waals surface area contributed by atoms with Gasteiger partial charge >= 0.3 is 5.97 Å². The summed E-state index contributed by atoms with van der Waals surface area (Å²) in [5.41, 5.74) is 0.268. The van der Waals surface area contributed by atoms with E-state index in [1.165, 1.54) is 0 Å². The maximum Gasteiger partial charge on any atom is 0.335 e.